The monoisotopic (exact) mass is 587 g/mol. The fourth-order valence-electron chi connectivity index (χ4n) is 4.47. The Kier molecular flexibility index (Phi) is 9.17. The number of alkyl halides is 1. The molecule has 4 rings (SSSR count). The highest BCUT2D eigenvalue weighted by Crippen LogP contribution is 2.33. The van der Waals surface area contributed by atoms with Gasteiger partial charge in [-0.2, -0.15) is 0 Å². The lowest BCUT2D eigenvalue weighted by Crippen LogP contribution is -2.48. The van der Waals surface area contributed by atoms with Crippen LogP contribution in [0.2, 0.25) is 10.0 Å². The topological polar surface area (TPSA) is 97.0 Å². The first-order valence-corrected chi connectivity index (χ1v) is 13.3. The van der Waals surface area contributed by atoms with Crippen LogP contribution in [-0.2, 0) is 16.0 Å². The minimum absolute atomic E-state index is 0.0119. The summed E-state index contributed by atoms with van der Waals surface area (Å²) in [5.74, 6) is -2.42. The maximum absolute atomic E-state index is 15.8. The zero-order valence-corrected chi connectivity index (χ0v) is 23.4. The second kappa shape index (κ2) is 12.6. The Morgan fingerprint density at radius 3 is 2.38 bits per heavy atom. The minimum Gasteiger partial charge on any atom is -0.488 e. The summed E-state index contributed by atoms with van der Waals surface area (Å²) in [6.07, 6.45) is 0.660. The Morgan fingerprint density at radius 2 is 1.73 bits per heavy atom. The molecule has 0 unspecified atom stereocenters. The number of hydrogen-bond acceptors (Lipinski definition) is 5. The third-order valence-electron chi connectivity index (χ3n) is 6.56. The molecule has 3 aromatic carbocycles. The molecule has 0 spiro atoms. The number of hydrogen-bond donors (Lipinski definition) is 2. The number of esters is 1. The Bertz CT molecular complexity index is 1400. The molecule has 3 aromatic rings. The van der Waals surface area contributed by atoms with Crippen LogP contribution in [0.1, 0.15) is 34.3 Å². The highest BCUT2D eigenvalue weighted by molar-refractivity contribution is 6.39. The van der Waals surface area contributed by atoms with Gasteiger partial charge in [-0.1, -0.05) is 41.4 Å². The maximum atomic E-state index is 15.8. The van der Waals surface area contributed by atoms with Gasteiger partial charge >= 0.3 is 12.0 Å². The van der Waals surface area contributed by atoms with E-state index < -0.39 is 17.8 Å². The predicted octanol–water partition coefficient (Wildman–Crippen LogP) is 6.64. The number of para-hydroxylation sites is 1. The van der Waals surface area contributed by atoms with Gasteiger partial charge in [-0.05, 0) is 66.9 Å². The number of carbonyl (C=O) groups is 3. The molecule has 210 valence electrons. The second-order valence-electron chi connectivity index (χ2n) is 9.37. The third-order valence-corrected chi connectivity index (χ3v) is 7.19. The van der Waals surface area contributed by atoms with Gasteiger partial charge in [0.05, 0.1) is 34.8 Å². The molecule has 3 amide bonds. The third kappa shape index (κ3) is 6.84. The molecule has 11 heteroatoms. The number of rotatable bonds is 8. The van der Waals surface area contributed by atoms with Crippen molar-refractivity contribution >= 4 is 52.5 Å². The first-order valence-electron chi connectivity index (χ1n) is 12.5. The minimum atomic E-state index is -1.95. The number of carbonyl (C=O) groups excluding carboxylic acids is 3. The number of likely N-dealkylation sites (tertiary alicyclic amines) is 1. The number of ether oxygens (including phenoxy) is 2. The number of amides is 3. The number of urea groups is 1. The van der Waals surface area contributed by atoms with E-state index >= 15 is 4.39 Å². The fraction of sp³-hybridized carbons (Fsp3) is 0.276. The number of aryl methyl sites for hydroxylation is 1. The molecule has 8 nitrogen and oxygen atoms in total. The van der Waals surface area contributed by atoms with Crippen LogP contribution in [0.15, 0.2) is 60.7 Å². The molecule has 2 N–H and O–H groups in total. The molecule has 1 aliphatic heterocycles. The van der Waals surface area contributed by atoms with E-state index in [1.165, 1.54) is 24.1 Å². The largest absolute Gasteiger partial charge is 0.488 e. The van der Waals surface area contributed by atoms with Gasteiger partial charge < -0.3 is 25.0 Å². The summed E-state index contributed by atoms with van der Waals surface area (Å²) >= 11 is 12.2. The lowest BCUT2D eigenvalue weighted by Gasteiger charge is -2.31. The quantitative estimate of drug-likeness (QED) is 0.227. The molecular weight excluding hydrogens is 560 g/mol. The first kappa shape index (κ1) is 29.2. The second-order valence-corrected chi connectivity index (χ2v) is 10.2. The summed E-state index contributed by atoms with van der Waals surface area (Å²) in [5, 5.41) is 5.99. The lowest BCUT2D eigenvalue weighted by atomic mass is 10.1. The normalized spacial score (nSPS) is 16.4. The van der Waals surface area contributed by atoms with Crippen LogP contribution < -0.4 is 15.4 Å². The fourth-order valence-corrected chi connectivity index (χ4v) is 4.96. The van der Waals surface area contributed by atoms with E-state index in [9.17, 15) is 14.4 Å². The van der Waals surface area contributed by atoms with E-state index in [0.717, 1.165) is 5.56 Å². The van der Waals surface area contributed by atoms with Crippen LogP contribution in [0.3, 0.4) is 0 Å². The van der Waals surface area contributed by atoms with Crippen molar-refractivity contribution in [3.63, 3.8) is 0 Å². The molecule has 1 heterocycles. The van der Waals surface area contributed by atoms with Gasteiger partial charge in [-0.15, -0.1) is 0 Å². The standard InChI is InChI=1S/C29H28Cl2FN3O5/c1-18-15-19(7-12-24(18)33-28(38)34-26-22(30)5-3-6-23(26)31)16-25(36)35-14-4-13-29(35,32)17-40-21-10-8-20(9-11-21)27(37)39-2/h3,5-12,15H,4,13-14,16-17H2,1-2H3,(H2,33,34,38)/t29-/m1/s1. The Labute approximate surface area is 241 Å². The number of methoxy groups -OCH3 is 1. The van der Waals surface area contributed by atoms with Crippen molar-refractivity contribution in [1.29, 1.82) is 0 Å². The van der Waals surface area contributed by atoms with Crippen molar-refractivity contribution in [3.05, 3.63) is 87.4 Å². The number of nitrogens with zero attached hydrogens (tertiary/aromatic N) is 1. The molecule has 0 aliphatic carbocycles. The molecule has 1 fully saturated rings. The molecule has 1 atom stereocenters. The van der Waals surface area contributed by atoms with Crippen molar-refractivity contribution < 1.29 is 28.2 Å². The maximum Gasteiger partial charge on any atom is 0.337 e. The van der Waals surface area contributed by atoms with Crippen LogP contribution in [0.4, 0.5) is 20.6 Å². The van der Waals surface area contributed by atoms with E-state index in [0.29, 0.717) is 44.7 Å². The SMILES string of the molecule is COC(=O)c1ccc(OC[C@@]2(F)CCCN2C(=O)Cc2ccc(NC(=O)Nc3c(Cl)cccc3Cl)c(C)c2)cc1. The van der Waals surface area contributed by atoms with Gasteiger partial charge in [0.25, 0.3) is 0 Å². The Hall–Kier alpha value is -3.82. The smallest absolute Gasteiger partial charge is 0.337 e. The van der Waals surface area contributed by atoms with Crippen molar-refractivity contribution in [2.75, 3.05) is 30.9 Å². The summed E-state index contributed by atoms with van der Waals surface area (Å²) in [6.45, 7) is 1.74. The van der Waals surface area contributed by atoms with Crippen molar-refractivity contribution in [1.82, 2.24) is 4.90 Å². The highest BCUT2D eigenvalue weighted by atomic mass is 35.5. The summed E-state index contributed by atoms with van der Waals surface area (Å²) in [4.78, 5) is 38.4. The Morgan fingerprint density at radius 1 is 1.02 bits per heavy atom. The zero-order chi connectivity index (χ0) is 28.9. The number of anilines is 2. The molecule has 0 bridgehead atoms. The molecule has 0 aromatic heterocycles. The van der Waals surface area contributed by atoms with E-state index in [4.69, 9.17) is 27.9 Å². The number of halogens is 3. The first-order chi connectivity index (χ1) is 19.1. The number of nitrogens with one attached hydrogen (secondary N) is 2. The van der Waals surface area contributed by atoms with Gasteiger partial charge in [0, 0.05) is 18.7 Å². The average Bonchev–Trinajstić information content (AvgIpc) is 3.33. The van der Waals surface area contributed by atoms with E-state index in [1.54, 1.807) is 55.5 Å². The highest BCUT2D eigenvalue weighted by Gasteiger charge is 2.44. The van der Waals surface area contributed by atoms with Crippen LogP contribution in [0.25, 0.3) is 0 Å². The van der Waals surface area contributed by atoms with Crippen molar-refractivity contribution in [2.24, 2.45) is 0 Å². The lowest BCUT2D eigenvalue weighted by molar-refractivity contribution is -0.144. The summed E-state index contributed by atoms with van der Waals surface area (Å²) in [5.41, 5.74) is 2.58. The van der Waals surface area contributed by atoms with Crippen LogP contribution in [0, 0.1) is 6.92 Å². The van der Waals surface area contributed by atoms with Crippen LogP contribution in [-0.4, -0.2) is 48.9 Å². The molecule has 1 aliphatic rings. The number of benzene rings is 3. The average molecular weight is 588 g/mol. The molecule has 0 saturated carbocycles. The predicted molar refractivity (Wildman–Crippen MR) is 152 cm³/mol. The molecule has 0 radical (unpaired) electrons. The van der Waals surface area contributed by atoms with E-state index in [2.05, 4.69) is 15.4 Å². The van der Waals surface area contributed by atoms with Gasteiger partial charge in [-0.3, -0.25) is 4.79 Å². The van der Waals surface area contributed by atoms with Crippen molar-refractivity contribution in [2.45, 2.75) is 32.0 Å². The summed E-state index contributed by atoms with van der Waals surface area (Å²) in [7, 11) is 1.29. The van der Waals surface area contributed by atoms with Crippen molar-refractivity contribution in [3.8, 4) is 5.75 Å². The molecule has 1 saturated heterocycles. The van der Waals surface area contributed by atoms with Gasteiger partial charge in [0.15, 0.2) is 0 Å². The molecular formula is C29H28Cl2FN3O5. The van der Waals surface area contributed by atoms with E-state index in [-0.39, 0.29) is 31.9 Å². The van der Waals surface area contributed by atoms with Gasteiger partial charge in [0.2, 0.25) is 11.7 Å². The summed E-state index contributed by atoms with van der Waals surface area (Å²) in [6, 6.07) is 15.7. The zero-order valence-electron chi connectivity index (χ0n) is 21.9. The van der Waals surface area contributed by atoms with Gasteiger partial charge in [0.1, 0.15) is 12.4 Å². The summed E-state index contributed by atoms with van der Waals surface area (Å²) < 4.78 is 26.1. The molecule has 40 heavy (non-hydrogen) atoms. The van der Waals surface area contributed by atoms with Crippen LogP contribution >= 0.6 is 23.2 Å². The Balaban J connectivity index is 1.35. The van der Waals surface area contributed by atoms with Gasteiger partial charge in [-0.25, -0.2) is 14.0 Å². The van der Waals surface area contributed by atoms with E-state index in [1.807, 2.05) is 0 Å². The van der Waals surface area contributed by atoms with Crippen LogP contribution in [0.5, 0.6) is 5.75 Å².